The van der Waals surface area contributed by atoms with Gasteiger partial charge in [0, 0.05) is 55.5 Å². The van der Waals surface area contributed by atoms with E-state index in [2.05, 4.69) is 58.5 Å². The molecule has 16 amide bonds. The van der Waals surface area contributed by atoms with Gasteiger partial charge < -0.3 is 116 Å². The summed E-state index contributed by atoms with van der Waals surface area (Å²) in [5.41, 5.74) is 17.8. The lowest BCUT2D eigenvalue weighted by atomic mass is 10.0. The first-order chi connectivity index (χ1) is 53.8. The number of benzene rings is 2. The molecule has 5 saturated heterocycles. The zero-order valence-electron chi connectivity index (χ0n) is 61.2. The number of halogens is 3. The average Bonchev–Trinajstić information content (AvgIpc) is 1.64. The predicted molar refractivity (Wildman–Crippen MR) is 400 cm³/mol. The molecule has 0 aliphatic carbocycles. The number of aromatic hydroxyl groups is 1. The van der Waals surface area contributed by atoms with Gasteiger partial charge in [-0.15, -0.1) is 0 Å². The summed E-state index contributed by atoms with van der Waals surface area (Å²) in [6.07, 6.45) is -8.80. The Labute approximate surface area is 664 Å². The van der Waals surface area contributed by atoms with Gasteiger partial charge in [-0.25, -0.2) is 4.79 Å². The number of rotatable bonds is 13. The molecule has 22 N–H and O–H groups in total. The molecule has 2 aromatic carbocycles. The number of hydrogen-bond acceptors (Lipinski definition) is 26. The molecule has 114 heavy (non-hydrogen) atoms. The number of alkyl halides is 3. The van der Waals surface area contributed by atoms with Crippen molar-refractivity contribution in [2.24, 2.45) is 17.2 Å². The molecule has 5 fully saturated rings. The number of amides is 16. The molecule has 5 heterocycles. The minimum Gasteiger partial charge on any atom is -0.508 e. The monoisotopic (exact) mass is 1690 g/mol. The maximum Gasteiger partial charge on any atom is 0.490 e. The highest BCUT2D eigenvalue weighted by atomic mass is 33.1. The molecular weight excluding hydrogens is 1600 g/mol. The smallest absolute Gasteiger partial charge is 0.490 e. The number of fused-ring (bicyclic) bond motifs is 11. The molecule has 5 aliphatic rings. The summed E-state index contributed by atoms with van der Waals surface area (Å²) in [6, 6.07) is -9.48. The van der Waals surface area contributed by atoms with Gasteiger partial charge in [0.15, 0.2) is 0 Å². The Morgan fingerprint density at radius 3 is 1.52 bits per heavy atom. The van der Waals surface area contributed by atoms with E-state index in [9.17, 15) is 106 Å². The standard InChI is InChI=1S/C65H89N17O21S4.C2HF3O2/c1-31-53(91)79-51(32(2)84)62(100)74-39(23-48(67)86)64(102)80-18-6-11-45(80)60(98)72-37(24-50(88)89)55(93)76-41(52(68)90)27-104-106-29-43-59(97)75-40(26-83)56(94)73-38(22-34-14-16-35(85)17-15-34)63(101)82-20-8-13-47(82)65(103)81-19-7-12-46(81)61(99)78-44(30-107-105-28-42(57(95)77-43)70-49(87)25-66)58(96)71-36(54(92)69-31)21-33-9-4-3-5-10-33;3-2(4,5)1(6)7/h3-5,9-10,14-17,31-32,36-47,51,83-85H,6-8,11-13,18-30,66H2,1-2H3,(H2,67,86)(H2,68,90)(H,69,92)(H,70,87)(H,71,96)(H,72,98)(H,73,94)(H,74,100)(H,75,97)(H,76,93)(H,77,95)(H,78,99)(H,79,91)(H,88,89);(H,6,7)/t31-,32+,36-,37-,38-,39-,40-,41-,42-,43-,44-,45-,46-,47-,51-;/m0./s1. The van der Waals surface area contributed by atoms with Crippen LogP contribution in [0.25, 0.3) is 0 Å². The molecule has 0 saturated carbocycles. The summed E-state index contributed by atoms with van der Waals surface area (Å²) in [7, 11) is 3.20. The van der Waals surface area contributed by atoms with Crippen molar-refractivity contribution >= 4 is 150 Å². The topological polar surface area (TPSA) is 629 Å². The summed E-state index contributed by atoms with van der Waals surface area (Å²) >= 11 is 0. The summed E-state index contributed by atoms with van der Waals surface area (Å²) < 4.78 is 31.7. The minimum atomic E-state index is -5.08. The largest absolute Gasteiger partial charge is 0.508 e. The lowest BCUT2D eigenvalue weighted by molar-refractivity contribution is -0.192. The second-order valence-corrected chi connectivity index (χ2v) is 31.8. The van der Waals surface area contributed by atoms with E-state index in [-0.39, 0.29) is 76.8 Å². The van der Waals surface area contributed by atoms with Crippen molar-refractivity contribution in [1.29, 1.82) is 0 Å². The number of primary amides is 2. The maximum absolute atomic E-state index is 15.0. The Kier molecular flexibility index (Phi) is 35.6. The van der Waals surface area contributed by atoms with Gasteiger partial charge in [0.2, 0.25) is 94.5 Å². The van der Waals surface area contributed by atoms with Crippen LogP contribution in [0.4, 0.5) is 13.2 Å². The number of aliphatic carboxylic acids is 2. The normalized spacial score (nSPS) is 27.4. The number of carbonyl (C=O) groups excluding carboxylic acids is 16. The Morgan fingerprint density at radius 1 is 0.526 bits per heavy atom. The number of nitrogens with zero attached hydrogens (tertiary/aromatic N) is 3. The molecule has 2 bridgehead atoms. The van der Waals surface area contributed by atoms with Crippen molar-refractivity contribution < 1.29 is 125 Å². The van der Waals surface area contributed by atoms with E-state index in [4.69, 9.17) is 27.1 Å². The molecule has 0 aromatic heterocycles. The molecule has 0 spiro atoms. The predicted octanol–water partition coefficient (Wildman–Crippen LogP) is -6.91. The van der Waals surface area contributed by atoms with Gasteiger partial charge in [-0.3, -0.25) is 81.5 Å². The highest BCUT2D eigenvalue weighted by molar-refractivity contribution is 8.77. The molecule has 40 nitrogen and oxygen atoms in total. The third kappa shape index (κ3) is 27.5. The Hall–Kier alpha value is -10.2. The van der Waals surface area contributed by atoms with Crippen molar-refractivity contribution in [2.75, 3.05) is 55.8 Å². The van der Waals surface area contributed by atoms with Crippen LogP contribution in [0.15, 0.2) is 54.6 Å². The maximum atomic E-state index is 15.0. The van der Waals surface area contributed by atoms with Crippen molar-refractivity contribution in [3.8, 4) is 5.75 Å². The van der Waals surface area contributed by atoms with Gasteiger partial charge in [-0.1, -0.05) is 85.6 Å². The zero-order valence-corrected chi connectivity index (χ0v) is 64.5. The number of aliphatic hydroxyl groups excluding tert-OH is 2. The Balaban J connectivity index is 0.00000275. The van der Waals surface area contributed by atoms with Gasteiger partial charge in [-0.2, -0.15) is 13.2 Å². The first-order valence-electron chi connectivity index (χ1n) is 35.5. The number of carboxylic acid groups (broad SMARTS) is 2. The van der Waals surface area contributed by atoms with Crippen LogP contribution in [0, 0.1) is 0 Å². The highest BCUT2D eigenvalue weighted by Crippen LogP contribution is 2.30. The number of phenolic OH excluding ortho intramolecular Hbond substituents is 1. The third-order valence-electron chi connectivity index (χ3n) is 18.2. The van der Waals surface area contributed by atoms with E-state index in [0.29, 0.717) is 11.1 Å². The van der Waals surface area contributed by atoms with Gasteiger partial charge in [0.05, 0.1) is 32.1 Å². The number of nitrogens with one attached hydrogen (secondary N) is 11. The summed E-state index contributed by atoms with van der Waals surface area (Å²) in [6.45, 7) is 0.222. The molecule has 626 valence electrons. The molecule has 0 radical (unpaired) electrons. The van der Waals surface area contributed by atoms with Crippen LogP contribution in [0.3, 0.4) is 0 Å². The van der Waals surface area contributed by atoms with Crippen molar-refractivity contribution in [1.82, 2.24) is 73.2 Å². The lowest BCUT2D eigenvalue weighted by Gasteiger charge is -2.33. The number of hydrogen-bond donors (Lipinski definition) is 19. The van der Waals surface area contributed by atoms with Crippen molar-refractivity contribution in [3.63, 3.8) is 0 Å². The molecule has 0 unspecified atom stereocenters. The first kappa shape index (κ1) is 92.6. The number of nitrogens with two attached hydrogens (primary N) is 3. The lowest BCUT2D eigenvalue weighted by Crippen LogP contribution is -2.62. The van der Waals surface area contributed by atoms with Gasteiger partial charge in [0.25, 0.3) is 0 Å². The molecule has 15 atom stereocenters. The number of carboxylic acids is 2. The molecule has 5 aliphatic heterocycles. The van der Waals surface area contributed by atoms with Crippen LogP contribution >= 0.6 is 43.2 Å². The van der Waals surface area contributed by atoms with E-state index < -0.39 is 252 Å². The van der Waals surface area contributed by atoms with Crippen molar-refractivity contribution in [3.05, 3.63) is 65.7 Å². The fraction of sp³-hybridized carbons (Fsp3) is 0.552. The third-order valence-corrected chi connectivity index (χ3v) is 23.0. The Bertz CT molecular complexity index is 3880. The summed E-state index contributed by atoms with van der Waals surface area (Å²) in [4.78, 5) is 252. The number of aliphatic hydroxyl groups is 2. The van der Waals surface area contributed by atoms with Gasteiger partial charge in [0.1, 0.15) is 90.3 Å². The highest BCUT2D eigenvalue weighted by Gasteiger charge is 2.47. The first-order valence-corrected chi connectivity index (χ1v) is 40.4. The number of carbonyl (C=O) groups is 18. The van der Waals surface area contributed by atoms with Crippen LogP contribution in [0.2, 0.25) is 0 Å². The van der Waals surface area contributed by atoms with Crippen LogP contribution in [-0.4, -0.2) is 299 Å². The van der Waals surface area contributed by atoms with Crippen LogP contribution in [0.5, 0.6) is 5.75 Å². The average molecular weight is 1690 g/mol. The van der Waals surface area contributed by atoms with E-state index >= 15 is 9.59 Å². The van der Waals surface area contributed by atoms with Gasteiger partial charge >= 0.3 is 18.1 Å². The Morgan fingerprint density at radius 2 is 0.982 bits per heavy atom. The number of phenols is 1. The van der Waals surface area contributed by atoms with Crippen LogP contribution in [-0.2, 0) is 99.1 Å². The SMILES string of the molecule is C[C@@H]1NC(=O)[C@H](Cc2ccccc2)NC(=O)[C@@H]2CSSC[C@H](NC(=O)CN)C(=O)N[C@@H](CSSC[C@@H](C(N)=O)NC(=O)[C@H](CC(=O)O)NC(=O)[C@@H]3CCCN3C(=O)[C@H](CC(N)=O)NC(=O)[C@H]([C@@H](C)O)NC1=O)C(=O)N[C@@H](CO)C(=O)N[C@@H](Cc1ccc(O)cc1)C(=O)N1CCC[C@H]1C(=O)N1CCC[C@H]1C(=O)N2.O=C(O)C(F)(F)F. The quantitative estimate of drug-likeness (QED) is 0.0829. The molecular formula is C67H90F3N17O23S4. The van der Waals surface area contributed by atoms with Crippen LogP contribution in [0.1, 0.15) is 76.3 Å². The molecule has 47 heteroatoms. The van der Waals surface area contributed by atoms with E-state index in [0.717, 1.165) is 55.0 Å². The van der Waals surface area contributed by atoms with Crippen molar-refractivity contribution in [2.45, 2.75) is 175 Å². The minimum absolute atomic E-state index is 0.00468. The second kappa shape index (κ2) is 43.9. The second-order valence-electron chi connectivity index (χ2n) is 26.7. The van der Waals surface area contributed by atoms with E-state index in [1.165, 1.54) is 41.0 Å². The zero-order chi connectivity index (χ0) is 84.4. The fourth-order valence-electron chi connectivity index (χ4n) is 12.3. The molecule has 2 aromatic rings. The fourth-order valence-corrected chi connectivity index (χ4v) is 16.9. The van der Waals surface area contributed by atoms with Gasteiger partial charge in [-0.05, 0) is 75.6 Å². The van der Waals surface area contributed by atoms with E-state index in [1.807, 2.05) is 0 Å². The summed E-state index contributed by atoms with van der Waals surface area (Å²) in [5, 5.41) is 75.9. The summed E-state index contributed by atoms with van der Waals surface area (Å²) in [5.74, 6) is -23.2. The van der Waals surface area contributed by atoms with E-state index in [1.54, 1.807) is 30.3 Å². The molecule has 7 rings (SSSR count). The van der Waals surface area contributed by atoms with Crippen LogP contribution < -0.4 is 75.7 Å².